The van der Waals surface area contributed by atoms with E-state index in [1.807, 2.05) is 25.1 Å². The van der Waals surface area contributed by atoms with Crippen LogP contribution in [-0.4, -0.2) is 114 Å². The molecule has 0 radical (unpaired) electrons. The van der Waals surface area contributed by atoms with E-state index in [4.69, 9.17) is 15.2 Å². The molecule has 12 heteroatoms. The lowest BCUT2D eigenvalue weighted by Gasteiger charge is -2.52. The second-order valence-electron chi connectivity index (χ2n) is 13.6. The number of carbonyl (C=O) groups is 2. The number of rotatable bonds is 5. The third kappa shape index (κ3) is 4.61. The highest BCUT2D eigenvalue weighted by Gasteiger charge is 2.60. The van der Waals surface area contributed by atoms with Gasteiger partial charge in [0.05, 0.1) is 36.3 Å². The van der Waals surface area contributed by atoms with Gasteiger partial charge in [-0.05, 0) is 57.3 Å². The van der Waals surface area contributed by atoms with Crippen molar-refractivity contribution in [2.24, 2.45) is 23.5 Å². The highest BCUT2D eigenvalue weighted by molar-refractivity contribution is 6.08. The first-order valence-electron chi connectivity index (χ1n) is 15.3. The van der Waals surface area contributed by atoms with Gasteiger partial charge in [-0.1, -0.05) is 0 Å². The monoisotopic (exact) mass is 612 g/mol. The number of phenolic OH excluding ortho intramolecular Hbond substituents is 1. The van der Waals surface area contributed by atoms with Crippen LogP contribution in [0.15, 0.2) is 23.0 Å². The summed E-state index contributed by atoms with van der Waals surface area (Å²) >= 11 is 0. The second-order valence-corrected chi connectivity index (χ2v) is 13.6. The number of nitrogens with zero attached hydrogens (tertiary/aromatic N) is 3. The van der Waals surface area contributed by atoms with Crippen molar-refractivity contribution in [2.75, 3.05) is 59.4 Å². The number of ketones is 1. The molecule has 240 valence electrons. The van der Waals surface area contributed by atoms with Crippen molar-refractivity contribution in [1.82, 2.24) is 9.80 Å². The molecule has 1 aromatic rings. The van der Waals surface area contributed by atoms with Crippen LogP contribution in [0.25, 0.3) is 5.76 Å². The molecule has 2 heterocycles. The number of likely N-dealkylation sites (N-methyl/N-ethyl adjacent to an activating group) is 1. The maximum atomic E-state index is 14.4. The lowest BCUT2D eigenvalue weighted by atomic mass is 9.55. The number of likely N-dealkylation sites (tertiary alicyclic amines) is 1. The average Bonchev–Trinajstić information content (AvgIpc) is 3.37. The topological polar surface area (TPSA) is 169 Å². The van der Waals surface area contributed by atoms with Crippen molar-refractivity contribution in [2.45, 2.75) is 56.6 Å². The van der Waals surface area contributed by atoms with Gasteiger partial charge < -0.3 is 40.5 Å². The Balaban J connectivity index is 1.41. The minimum Gasteiger partial charge on any atom is -0.510 e. The maximum absolute atomic E-state index is 14.4. The van der Waals surface area contributed by atoms with E-state index in [1.54, 1.807) is 19.0 Å². The lowest BCUT2D eigenvalue weighted by Crippen LogP contribution is -2.61. The number of amides is 1. The highest BCUT2D eigenvalue weighted by Crippen LogP contribution is 2.55. The van der Waals surface area contributed by atoms with Crippen LogP contribution in [0.3, 0.4) is 0 Å². The van der Waals surface area contributed by atoms with Crippen LogP contribution in [0.5, 0.6) is 5.75 Å². The van der Waals surface area contributed by atoms with Crippen LogP contribution in [0.1, 0.15) is 42.9 Å². The van der Waals surface area contributed by atoms with Crippen LogP contribution in [0.2, 0.25) is 0 Å². The van der Waals surface area contributed by atoms with Gasteiger partial charge in [0.15, 0.2) is 11.6 Å². The van der Waals surface area contributed by atoms with Gasteiger partial charge in [-0.25, -0.2) is 0 Å². The number of aromatic hydroxyl groups is 1. The largest absolute Gasteiger partial charge is 0.510 e. The number of nitrogens with two attached hydrogens (primary N) is 1. The van der Waals surface area contributed by atoms with Crippen LogP contribution in [-0.2, 0) is 32.0 Å². The fourth-order valence-electron chi connectivity index (χ4n) is 8.59. The SMILES string of the molecule is CN(C)c1cc(CN2CCC3(CC2)OCCO3)c(O)c2c1CC1CC3C(C(=O)C1=C2O)C(C)(O)C(C(N)=O)=C(O)[C@H]3N(C)C. The standard InChI is InChI=1S/C32H44N4O8/c1-31(42)23-19(25(35(4)5)29(40)24(31)30(33)41)13-16-12-18-20(34(2)3)14-17(26(37)22(18)27(38)21(16)28(23)39)15-36-8-6-32(7-9-36)43-10-11-44-32/h14,16,19,23,25,37-38,40,42H,6-13,15H2,1-5H3,(H2,33,41)/t16?,19?,23?,25-,31?/m0/s1. The molecule has 1 amide bonds. The Kier molecular flexibility index (Phi) is 7.52. The number of benzene rings is 1. The van der Waals surface area contributed by atoms with Crippen LogP contribution in [0.4, 0.5) is 5.69 Å². The second kappa shape index (κ2) is 10.7. The number of piperidine rings is 1. The van der Waals surface area contributed by atoms with Crippen LogP contribution < -0.4 is 10.6 Å². The molecule has 1 spiro atoms. The maximum Gasteiger partial charge on any atom is 0.251 e. The van der Waals surface area contributed by atoms with Crippen molar-refractivity contribution >= 4 is 23.1 Å². The van der Waals surface area contributed by atoms with Gasteiger partial charge in [0.25, 0.3) is 5.91 Å². The number of fused-ring (bicyclic) bond motifs is 3. The van der Waals surface area contributed by atoms with E-state index in [-0.39, 0.29) is 28.4 Å². The number of aliphatic hydroxyl groups excluding tert-OH is 2. The fraction of sp³-hybridized carbons (Fsp3) is 0.625. The number of hydrogen-bond acceptors (Lipinski definition) is 11. The summed E-state index contributed by atoms with van der Waals surface area (Å²) in [6.07, 6.45) is 2.18. The number of primary amides is 1. The molecule has 3 fully saturated rings. The molecule has 2 aliphatic heterocycles. The van der Waals surface area contributed by atoms with E-state index in [0.717, 1.165) is 37.2 Å². The molecular weight excluding hydrogens is 568 g/mol. The number of ether oxygens (including phenoxy) is 2. The molecule has 44 heavy (non-hydrogen) atoms. The number of hydrogen-bond donors (Lipinski definition) is 5. The molecule has 0 aromatic heterocycles. The summed E-state index contributed by atoms with van der Waals surface area (Å²) in [6.45, 7) is 4.39. The van der Waals surface area contributed by atoms with Gasteiger partial charge in [0.1, 0.15) is 22.9 Å². The van der Waals surface area contributed by atoms with Gasteiger partial charge in [-0.15, -0.1) is 0 Å². The smallest absolute Gasteiger partial charge is 0.251 e. The third-order valence-corrected chi connectivity index (χ3v) is 10.5. The molecule has 4 unspecified atom stereocenters. The number of anilines is 1. The average molecular weight is 613 g/mol. The van der Waals surface area contributed by atoms with E-state index >= 15 is 0 Å². The minimum absolute atomic E-state index is 0.0745. The minimum atomic E-state index is -2.06. The molecule has 0 bridgehead atoms. The number of carbonyl (C=O) groups excluding carboxylic acids is 2. The summed E-state index contributed by atoms with van der Waals surface area (Å²) in [7, 11) is 7.28. The van der Waals surface area contributed by atoms with E-state index in [1.165, 1.54) is 6.92 Å². The Labute approximate surface area is 257 Å². The van der Waals surface area contributed by atoms with Crippen LogP contribution in [0, 0.1) is 17.8 Å². The van der Waals surface area contributed by atoms with Crippen molar-refractivity contribution in [3.8, 4) is 5.75 Å². The van der Waals surface area contributed by atoms with E-state index in [0.29, 0.717) is 38.2 Å². The predicted molar refractivity (Wildman–Crippen MR) is 162 cm³/mol. The number of Topliss-reactive ketones (excluding diaryl/α,β-unsaturated/α-hetero) is 1. The molecule has 1 aromatic carbocycles. The molecular formula is C32H44N4O8. The van der Waals surface area contributed by atoms with Crippen molar-refractivity contribution in [3.63, 3.8) is 0 Å². The molecule has 5 atom stereocenters. The van der Waals surface area contributed by atoms with E-state index in [9.17, 15) is 30.0 Å². The van der Waals surface area contributed by atoms with Crippen LogP contribution >= 0.6 is 0 Å². The molecule has 3 aliphatic carbocycles. The zero-order chi connectivity index (χ0) is 31.9. The molecule has 6 N–H and O–H groups in total. The van der Waals surface area contributed by atoms with E-state index in [2.05, 4.69) is 4.90 Å². The Bertz CT molecular complexity index is 1450. The third-order valence-electron chi connectivity index (χ3n) is 10.5. The summed E-state index contributed by atoms with van der Waals surface area (Å²) in [5, 5.41) is 46.3. The fourth-order valence-corrected chi connectivity index (χ4v) is 8.59. The molecule has 1 saturated carbocycles. The van der Waals surface area contributed by atoms with Gasteiger partial charge in [0, 0.05) is 63.4 Å². The zero-order valence-corrected chi connectivity index (χ0v) is 26.1. The quantitative estimate of drug-likeness (QED) is 0.326. The molecule has 12 nitrogen and oxygen atoms in total. The van der Waals surface area contributed by atoms with Gasteiger partial charge in [0.2, 0.25) is 0 Å². The first-order valence-corrected chi connectivity index (χ1v) is 15.3. The Morgan fingerprint density at radius 3 is 2.32 bits per heavy atom. The molecule has 2 saturated heterocycles. The zero-order valence-electron chi connectivity index (χ0n) is 26.1. The van der Waals surface area contributed by atoms with E-state index < -0.39 is 52.4 Å². The molecule has 6 rings (SSSR count). The first-order chi connectivity index (χ1) is 20.7. The Hall–Kier alpha value is -3.16. The summed E-state index contributed by atoms with van der Waals surface area (Å²) in [4.78, 5) is 32.7. The number of aliphatic hydroxyl groups is 3. The van der Waals surface area contributed by atoms with Gasteiger partial charge >= 0.3 is 0 Å². The number of allylic oxidation sites excluding steroid dienone is 1. The predicted octanol–water partition coefficient (Wildman–Crippen LogP) is 1.44. The lowest BCUT2D eigenvalue weighted by molar-refractivity contribution is -0.185. The van der Waals surface area contributed by atoms with Crippen molar-refractivity contribution < 1.29 is 39.5 Å². The summed E-state index contributed by atoms with van der Waals surface area (Å²) in [5.41, 5.74) is 5.73. The van der Waals surface area contributed by atoms with Crippen molar-refractivity contribution in [3.05, 3.63) is 39.7 Å². The number of phenols is 1. The normalized spacial score (nSPS) is 31.8. The van der Waals surface area contributed by atoms with Crippen molar-refractivity contribution in [1.29, 1.82) is 0 Å². The van der Waals surface area contributed by atoms with Gasteiger partial charge in [-0.2, -0.15) is 0 Å². The molecule has 5 aliphatic rings. The highest BCUT2D eigenvalue weighted by atomic mass is 16.7. The Morgan fingerprint density at radius 2 is 1.75 bits per heavy atom. The summed E-state index contributed by atoms with van der Waals surface area (Å²) in [5.74, 6) is -4.86. The first kappa shape index (κ1) is 30.8. The van der Waals surface area contributed by atoms with Gasteiger partial charge in [-0.3, -0.25) is 19.4 Å². The Morgan fingerprint density at radius 1 is 1.11 bits per heavy atom. The summed E-state index contributed by atoms with van der Waals surface area (Å²) < 4.78 is 11.7. The summed E-state index contributed by atoms with van der Waals surface area (Å²) in [6, 6.07) is 1.22.